The Kier molecular flexibility index (Phi) is 5.01. The van der Waals surface area contributed by atoms with Crippen molar-refractivity contribution in [1.29, 1.82) is 0 Å². The second kappa shape index (κ2) is 8.26. The molecule has 5 aromatic carbocycles. The van der Waals surface area contributed by atoms with Crippen LogP contribution in [0, 0.1) is 0 Å². The highest BCUT2D eigenvalue weighted by molar-refractivity contribution is 5.88. The van der Waals surface area contributed by atoms with Gasteiger partial charge in [0.1, 0.15) is 0 Å². The lowest BCUT2D eigenvalue weighted by molar-refractivity contribution is 1.00. The van der Waals surface area contributed by atoms with Crippen molar-refractivity contribution in [1.82, 2.24) is 0 Å². The van der Waals surface area contributed by atoms with Crippen molar-refractivity contribution in [2.45, 2.75) is 6.04 Å². The molecule has 144 valence electrons. The molecular weight excluding hydrogens is 362 g/mol. The van der Waals surface area contributed by atoms with Crippen molar-refractivity contribution in [3.63, 3.8) is 0 Å². The predicted molar refractivity (Wildman–Crippen MR) is 130 cm³/mol. The van der Waals surface area contributed by atoms with Crippen molar-refractivity contribution in [2.75, 3.05) is 5.32 Å². The number of fused-ring (bicyclic) bond motifs is 2. The number of rotatable bonds is 5. The Morgan fingerprint density at radius 2 is 1.27 bits per heavy atom. The first-order valence-corrected chi connectivity index (χ1v) is 10.3. The predicted octanol–water partition coefficient (Wildman–Crippen LogP) is 7.86. The van der Waals surface area contributed by atoms with E-state index < -0.39 is 0 Å². The van der Waals surface area contributed by atoms with Gasteiger partial charge in [-0.2, -0.15) is 0 Å². The molecule has 0 saturated carbocycles. The van der Waals surface area contributed by atoms with E-state index in [4.69, 9.17) is 0 Å². The highest BCUT2D eigenvalue weighted by atomic mass is 14.9. The van der Waals surface area contributed by atoms with E-state index in [1.807, 2.05) is 6.07 Å². The lowest BCUT2D eigenvalue weighted by atomic mass is 9.97. The number of benzene rings is 5. The van der Waals surface area contributed by atoms with E-state index in [0.717, 1.165) is 5.69 Å². The Bertz CT molecular complexity index is 1310. The summed E-state index contributed by atoms with van der Waals surface area (Å²) in [7, 11) is 0. The van der Waals surface area contributed by atoms with Crippen molar-refractivity contribution in [3.05, 3.63) is 132 Å². The fourth-order valence-corrected chi connectivity index (χ4v) is 3.98. The third-order valence-electron chi connectivity index (χ3n) is 5.51. The summed E-state index contributed by atoms with van der Waals surface area (Å²) in [6.07, 6.45) is 4.45. The van der Waals surface area contributed by atoms with Gasteiger partial charge in [-0.25, -0.2) is 0 Å². The van der Waals surface area contributed by atoms with Crippen LogP contribution >= 0.6 is 0 Å². The zero-order valence-electron chi connectivity index (χ0n) is 16.7. The molecule has 0 radical (unpaired) electrons. The van der Waals surface area contributed by atoms with Gasteiger partial charge >= 0.3 is 0 Å². The topological polar surface area (TPSA) is 12.0 Å². The first-order chi connectivity index (χ1) is 14.9. The van der Waals surface area contributed by atoms with Crippen molar-refractivity contribution < 1.29 is 0 Å². The van der Waals surface area contributed by atoms with Crippen LogP contribution in [0.25, 0.3) is 27.6 Å². The Labute approximate surface area is 177 Å². The van der Waals surface area contributed by atoms with Crippen LogP contribution in [0.1, 0.15) is 17.2 Å². The van der Waals surface area contributed by atoms with Crippen LogP contribution in [-0.4, -0.2) is 0 Å². The van der Waals surface area contributed by atoms with Gasteiger partial charge in [-0.3, -0.25) is 0 Å². The maximum absolute atomic E-state index is 3.76. The number of hydrogen-bond acceptors (Lipinski definition) is 1. The van der Waals surface area contributed by atoms with Crippen LogP contribution in [0.4, 0.5) is 5.69 Å². The lowest BCUT2D eigenvalue weighted by Crippen LogP contribution is -2.08. The quantitative estimate of drug-likeness (QED) is 0.325. The monoisotopic (exact) mass is 385 g/mol. The van der Waals surface area contributed by atoms with E-state index in [2.05, 4.69) is 127 Å². The molecule has 0 bridgehead atoms. The molecule has 0 fully saturated rings. The van der Waals surface area contributed by atoms with Gasteiger partial charge in [0.25, 0.3) is 0 Å². The Morgan fingerprint density at radius 3 is 2.13 bits per heavy atom. The molecule has 1 atom stereocenters. The molecule has 0 aliphatic carbocycles. The Hall–Kier alpha value is -3.84. The molecular formula is C29H23N. The minimum atomic E-state index is 0.0532. The first kappa shape index (κ1) is 18.2. The molecule has 0 amide bonds. The number of anilines is 1. The van der Waals surface area contributed by atoms with Crippen LogP contribution in [0.2, 0.25) is 0 Å². The van der Waals surface area contributed by atoms with Crippen LogP contribution < -0.4 is 5.32 Å². The van der Waals surface area contributed by atoms with Crippen molar-refractivity contribution >= 4 is 33.3 Å². The van der Waals surface area contributed by atoms with Crippen molar-refractivity contribution in [2.24, 2.45) is 0 Å². The average molecular weight is 386 g/mol. The minimum Gasteiger partial charge on any atom is -0.375 e. The second-order valence-corrected chi connectivity index (χ2v) is 7.52. The Balaban J connectivity index is 1.57. The molecule has 1 heteroatoms. The second-order valence-electron chi connectivity index (χ2n) is 7.52. The van der Waals surface area contributed by atoms with E-state index in [0.29, 0.717) is 0 Å². The van der Waals surface area contributed by atoms with Crippen LogP contribution in [0.5, 0.6) is 0 Å². The van der Waals surface area contributed by atoms with Gasteiger partial charge in [-0.15, -0.1) is 0 Å². The smallest absolute Gasteiger partial charge is 0.0707 e. The van der Waals surface area contributed by atoms with Gasteiger partial charge in [0.15, 0.2) is 0 Å². The molecule has 1 nitrogen and oxygen atoms in total. The third kappa shape index (κ3) is 3.83. The van der Waals surface area contributed by atoms with E-state index in [1.165, 1.54) is 32.7 Å². The third-order valence-corrected chi connectivity index (χ3v) is 5.51. The average Bonchev–Trinajstić information content (AvgIpc) is 2.82. The molecule has 1 N–H and O–H groups in total. The van der Waals surface area contributed by atoms with E-state index >= 15 is 0 Å². The summed E-state index contributed by atoms with van der Waals surface area (Å²) in [5.74, 6) is 0. The van der Waals surface area contributed by atoms with Gasteiger partial charge in [0, 0.05) is 5.69 Å². The molecule has 0 aliphatic rings. The first-order valence-electron chi connectivity index (χ1n) is 10.3. The summed E-state index contributed by atoms with van der Waals surface area (Å²) in [6.45, 7) is 0. The van der Waals surface area contributed by atoms with Crippen LogP contribution in [0.15, 0.2) is 121 Å². The molecule has 5 aromatic rings. The molecule has 5 rings (SSSR count). The molecule has 0 saturated heterocycles. The fraction of sp³-hybridized carbons (Fsp3) is 0.0345. The zero-order valence-corrected chi connectivity index (χ0v) is 16.7. The number of hydrogen-bond donors (Lipinski definition) is 1. The zero-order chi connectivity index (χ0) is 20.2. The highest BCUT2D eigenvalue weighted by Gasteiger charge is 2.12. The summed E-state index contributed by atoms with van der Waals surface area (Å²) in [4.78, 5) is 0. The molecule has 30 heavy (non-hydrogen) atoms. The SMILES string of the molecule is C(=CC(Nc1ccc2ccccc2c1)c1cccc2ccccc12)c1ccccc1. The largest absolute Gasteiger partial charge is 0.375 e. The fourth-order valence-electron chi connectivity index (χ4n) is 3.98. The van der Waals surface area contributed by atoms with Gasteiger partial charge < -0.3 is 5.32 Å². The van der Waals surface area contributed by atoms with Gasteiger partial charge in [-0.05, 0) is 44.8 Å². The normalized spacial score (nSPS) is 12.4. The summed E-state index contributed by atoms with van der Waals surface area (Å²) < 4.78 is 0. The van der Waals surface area contributed by atoms with Gasteiger partial charge in [0.2, 0.25) is 0 Å². The summed E-state index contributed by atoms with van der Waals surface area (Å²) in [5, 5.41) is 8.79. The van der Waals surface area contributed by atoms with Gasteiger partial charge in [-0.1, -0.05) is 115 Å². The summed E-state index contributed by atoms with van der Waals surface area (Å²) >= 11 is 0. The molecule has 0 spiro atoms. The highest BCUT2D eigenvalue weighted by Crippen LogP contribution is 2.30. The van der Waals surface area contributed by atoms with Gasteiger partial charge in [0.05, 0.1) is 6.04 Å². The van der Waals surface area contributed by atoms with E-state index in [9.17, 15) is 0 Å². The molecule has 0 aliphatic heterocycles. The lowest BCUT2D eigenvalue weighted by Gasteiger charge is -2.20. The van der Waals surface area contributed by atoms with Crippen LogP contribution in [0.3, 0.4) is 0 Å². The summed E-state index contributed by atoms with van der Waals surface area (Å²) in [5.41, 5.74) is 3.58. The van der Waals surface area contributed by atoms with Crippen molar-refractivity contribution in [3.8, 4) is 0 Å². The van der Waals surface area contributed by atoms with Crippen LogP contribution in [-0.2, 0) is 0 Å². The van der Waals surface area contributed by atoms with E-state index in [-0.39, 0.29) is 6.04 Å². The summed E-state index contributed by atoms with van der Waals surface area (Å²) in [6, 6.07) is 40.7. The van der Waals surface area contributed by atoms with E-state index in [1.54, 1.807) is 0 Å². The number of nitrogens with one attached hydrogen (secondary N) is 1. The molecule has 0 heterocycles. The molecule has 1 unspecified atom stereocenters. The maximum atomic E-state index is 3.76. The Morgan fingerprint density at radius 1 is 0.567 bits per heavy atom. The minimum absolute atomic E-state index is 0.0532. The standard InChI is InChI=1S/C29H23N/c1-2-9-22(10-3-1)17-20-29(28-16-8-14-24-12-6-7-15-27(24)28)30-26-19-18-23-11-4-5-13-25(23)21-26/h1-21,29-30H. The molecule has 0 aromatic heterocycles. The maximum Gasteiger partial charge on any atom is 0.0707 e.